The van der Waals surface area contributed by atoms with Crippen molar-refractivity contribution in [2.45, 2.75) is 25.0 Å². The molecule has 0 radical (unpaired) electrons. The molecule has 3 heterocycles. The quantitative estimate of drug-likeness (QED) is 0.708. The SMILES string of the molecule is C=CCN1C(N2CCN(CCCc3ccccc3)CC2)=NC2C1C(=O)NC(=O)N2C. The Labute approximate surface area is 177 Å². The van der Waals surface area contributed by atoms with E-state index in [2.05, 4.69) is 52.0 Å². The third-order valence-electron chi connectivity index (χ3n) is 6.10. The highest BCUT2D eigenvalue weighted by Gasteiger charge is 2.49. The molecule has 1 N–H and O–H groups in total. The van der Waals surface area contributed by atoms with Gasteiger partial charge in [-0.15, -0.1) is 6.58 Å². The van der Waals surface area contributed by atoms with E-state index < -0.39 is 18.2 Å². The molecule has 0 bridgehead atoms. The van der Waals surface area contributed by atoms with Gasteiger partial charge in [-0.2, -0.15) is 0 Å². The number of nitrogens with zero attached hydrogens (tertiary/aromatic N) is 5. The summed E-state index contributed by atoms with van der Waals surface area (Å²) in [7, 11) is 1.68. The van der Waals surface area contributed by atoms with Crippen molar-refractivity contribution in [2.24, 2.45) is 4.99 Å². The minimum atomic E-state index is -0.496. The Hall–Kier alpha value is -2.87. The highest BCUT2D eigenvalue weighted by molar-refractivity contribution is 6.03. The maximum absolute atomic E-state index is 12.5. The van der Waals surface area contributed by atoms with Crippen molar-refractivity contribution in [1.82, 2.24) is 24.9 Å². The number of fused-ring (bicyclic) bond motifs is 1. The van der Waals surface area contributed by atoms with Crippen molar-refractivity contribution >= 4 is 17.9 Å². The van der Waals surface area contributed by atoms with E-state index in [1.54, 1.807) is 13.1 Å². The molecule has 2 atom stereocenters. The zero-order valence-corrected chi connectivity index (χ0v) is 17.5. The second-order valence-electron chi connectivity index (χ2n) is 8.05. The first-order valence-electron chi connectivity index (χ1n) is 10.6. The Balaban J connectivity index is 1.35. The molecule has 0 saturated carbocycles. The highest BCUT2D eigenvalue weighted by Crippen LogP contribution is 2.25. The lowest BCUT2D eigenvalue weighted by molar-refractivity contribution is -0.127. The second-order valence-corrected chi connectivity index (χ2v) is 8.05. The van der Waals surface area contributed by atoms with Gasteiger partial charge in [-0.25, -0.2) is 9.79 Å². The van der Waals surface area contributed by atoms with E-state index in [1.807, 2.05) is 4.90 Å². The van der Waals surface area contributed by atoms with E-state index in [9.17, 15) is 9.59 Å². The van der Waals surface area contributed by atoms with E-state index >= 15 is 0 Å². The predicted molar refractivity (Wildman–Crippen MR) is 116 cm³/mol. The lowest BCUT2D eigenvalue weighted by atomic mass is 10.1. The van der Waals surface area contributed by atoms with Crippen molar-refractivity contribution in [3.63, 3.8) is 0 Å². The Morgan fingerprint density at radius 1 is 1.17 bits per heavy atom. The van der Waals surface area contributed by atoms with Crippen LogP contribution in [0.5, 0.6) is 0 Å². The number of guanidine groups is 1. The number of carbonyl (C=O) groups excluding carboxylic acids is 2. The number of aryl methyl sites for hydroxylation is 1. The van der Waals surface area contributed by atoms with Gasteiger partial charge < -0.3 is 14.7 Å². The van der Waals surface area contributed by atoms with Crippen LogP contribution >= 0.6 is 0 Å². The van der Waals surface area contributed by atoms with Crippen molar-refractivity contribution in [3.05, 3.63) is 48.6 Å². The second kappa shape index (κ2) is 8.87. The average molecular weight is 411 g/mol. The molecule has 8 heteroatoms. The Morgan fingerprint density at radius 3 is 2.60 bits per heavy atom. The average Bonchev–Trinajstić information content (AvgIpc) is 3.14. The summed E-state index contributed by atoms with van der Waals surface area (Å²) in [6, 6.07) is 9.71. The third kappa shape index (κ3) is 4.05. The summed E-state index contributed by atoms with van der Waals surface area (Å²) in [6.45, 7) is 9.08. The zero-order chi connectivity index (χ0) is 21.1. The molecular formula is C22H30N6O2. The molecule has 3 amide bonds. The Kier molecular flexibility index (Phi) is 6.03. The smallest absolute Gasteiger partial charge is 0.325 e. The largest absolute Gasteiger partial charge is 0.340 e. The summed E-state index contributed by atoms with van der Waals surface area (Å²) in [5.41, 5.74) is 1.39. The molecule has 1 aromatic carbocycles. The molecule has 4 rings (SSSR count). The standard InChI is InChI=1S/C22H30N6O2/c1-3-11-28-18-19(25(2)22(30)24-20(18)29)23-21(28)27-15-13-26(14-16-27)12-7-10-17-8-5-4-6-9-17/h3-6,8-9,18-19H,1,7,10-16H2,2H3,(H,24,29,30). The number of urea groups is 1. The van der Waals surface area contributed by atoms with Gasteiger partial charge in [-0.3, -0.25) is 15.0 Å². The Bertz CT molecular complexity index is 818. The molecule has 2 fully saturated rings. The summed E-state index contributed by atoms with van der Waals surface area (Å²) in [6.07, 6.45) is 3.54. The van der Waals surface area contributed by atoms with Crippen LogP contribution in [0.15, 0.2) is 48.0 Å². The van der Waals surface area contributed by atoms with Crippen LogP contribution in [0.2, 0.25) is 0 Å². The van der Waals surface area contributed by atoms with Crippen LogP contribution in [0.1, 0.15) is 12.0 Å². The number of carbonyl (C=O) groups is 2. The first-order chi connectivity index (χ1) is 14.6. The summed E-state index contributed by atoms with van der Waals surface area (Å²) in [5.74, 6) is 0.508. The van der Waals surface area contributed by atoms with Gasteiger partial charge in [0, 0.05) is 39.8 Å². The van der Waals surface area contributed by atoms with Gasteiger partial charge in [-0.1, -0.05) is 36.4 Å². The van der Waals surface area contributed by atoms with E-state index in [-0.39, 0.29) is 5.91 Å². The summed E-state index contributed by atoms with van der Waals surface area (Å²) in [5, 5.41) is 2.43. The molecule has 1 aromatic rings. The van der Waals surface area contributed by atoms with Gasteiger partial charge in [-0.05, 0) is 24.9 Å². The molecule has 0 spiro atoms. The van der Waals surface area contributed by atoms with Crippen LogP contribution in [0.3, 0.4) is 0 Å². The van der Waals surface area contributed by atoms with Crippen LogP contribution in [0.4, 0.5) is 4.79 Å². The van der Waals surface area contributed by atoms with Crippen molar-refractivity contribution in [3.8, 4) is 0 Å². The number of likely N-dealkylation sites (N-methyl/N-ethyl adjacent to an activating group) is 1. The molecule has 30 heavy (non-hydrogen) atoms. The zero-order valence-electron chi connectivity index (χ0n) is 17.5. The summed E-state index contributed by atoms with van der Waals surface area (Å²) < 4.78 is 0. The van der Waals surface area contributed by atoms with Gasteiger partial charge in [0.25, 0.3) is 5.91 Å². The number of hydrogen-bond acceptors (Lipinski definition) is 6. The van der Waals surface area contributed by atoms with Crippen LogP contribution in [-0.2, 0) is 11.2 Å². The van der Waals surface area contributed by atoms with Crippen LogP contribution in [0, 0.1) is 0 Å². The fraction of sp³-hybridized carbons (Fsp3) is 0.500. The van der Waals surface area contributed by atoms with Gasteiger partial charge >= 0.3 is 6.03 Å². The minimum absolute atomic E-state index is 0.289. The number of rotatable bonds is 6. The fourth-order valence-corrected chi connectivity index (χ4v) is 4.43. The van der Waals surface area contributed by atoms with Gasteiger partial charge in [0.1, 0.15) is 0 Å². The molecule has 2 unspecified atom stereocenters. The number of amides is 3. The number of imide groups is 1. The van der Waals surface area contributed by atoms with E-state index in [1.165, 1.54) is 10.5 Å². The van der Waals surface area contributed by atoms with E-state index in [0.717, 1.165) is 51.5 Å². The normalized spacial score (nSPS) is 24.6. The van der Waals surface area contributed by atoms with Crippen LogP contribution in [0.25, 0.3) is 0 Å². The molecule has 160 valence electrons. The molecular weight excluding hydrogens is 380 g/mol. The summed E-state index contributed by atoms with van der Waals surface area (Å²) in [4.78, 5) is 37.5. The molecule has 3 aliphatic heterocycles. The number of benzene rings is 1. The summed E-state index contributed by atoms with van der Waals surface area (Å²) >= 11 is 0. The van der Waals surface area contributed by atoms with E-state index in [0.29, 0.717) is 6.54 Å². The number of piperazine rings is 1. The fourth-order valence-electron chi connectivity index (χ4n) is 4.43. The maximum atomic E-state index is 12.5. The molecule has 0 aromatic heterocycles. The van der Waals surface area contributed by atoms with Crippen LogP contribution in [-0.4, -0.2) is 96.0 Å². The van der Waals surface area contributed by atoms with Crippen molar-refractivity contribution < 1.29 is 9.59 Å². The molecule has 8 nitrogen and oxygen atoms in total. The van der Waals surface area contributed by atoms with Crippen molar-refractivity contribution in [2.75, 3.05) is 46.3 Å². The molecule has 3 aliphatic rings. The van der Waals surface area contributed by atoms with Gasteiger partial charge in [0.2, 0.25) is 0 Å². The van der Waals surface area contributed by atoms with Crippen LogP contribution < -0.4 is 5.32 Å². The predicted octanol–water partition coefficient (Wildman–Crippen LogP) is 0.971. The Morgan fingerprint density at radius 2 is 1.90 bits per heavy atom. The topological polar surface area (TPSA) is 71.5 Å². The first-order valence-corrected chi connectivity index (χ1v) is 10.6. The van der Waals surface area contributed by atoms with Gasteiger partial charge in [0.15, 0.2) is 18.2 Å². The lowest BCUT2D eigenvalue weighted by Gasteiger charge is -2.40. The number of aliphatic imine (C=N–C) groups is 1. The monoisotopic (exact) mass is 410 g/mol. The van der Waals surface area contributed by atoms with E-state index in [4.69, 9.17) is 4.99 Å². The number of hydrogen-bond donors (Lipinski definition) is 1. The third-order valence-corrected chi connectivity index (χ3v) is 6.10. The maximum Gasteiger partial charge on any atom is 0.325 e. The van der Waals surface area contributed by atoms with Crippen molar-refractivity contribution in [1.29, 1.82) is 0 Å². The molecule has 0 aliphatic carbocycles. The highest BCUT2D eigenvalue weighted by atomic mass is 16.2. The number of nitrogens with one attached hydrogen (secondary N) is 1. The molecule has 2 saturated heterocycles. The minimum Gasteiger partial charge on any atom is -0.340 e. The first kappa shape index (κ1) is 20.4. The lowest BCUT2D eigenvalue weighted by Crippen LogP contribution is -2.64. The van der Waals surface area contributed by atoms with Gasteiger partial charge in [0.05, 0.1) is 0 Å².